The quantitative estimate of drug-likeness (QED) is 0.727. The predicted octanol–water partition coefficient (Wildman–Crippen LogP) is 1.95. The van der Waals surface area contributed by atoms with Gasteiger partial charge in [0.05, 0.1) is 12.2 Å². The molecule has 0 aliphatic rings. The minimum Gasteiger partial charge on any atom is -0.508 e. The number of nitrogens with one attached hydrogen (secondary N) is 1. The van der Waals surface area contributed by atoms with Gasteiger partial charge in [-0.25, -0.2) is 0 Å². The minimum atomic E-state index is -0.257. The molecule has 0 saturated carbocycles. The number of carbonyl (C=O) groups excluding carboxylic acids is 1. The number of para-hydroxylation sites is 1. The first-order chi connectivity index (χ1) is 9.70. The normalized spacial score (nSPS) is 9.45. The Labute approximate surface area is 117 Å². The van der Waals surface area contributed by atoms with Crippen LogP contribution in [0.4, 0.5) is 5.69 Å². The number of benzene rings is 2. The number of hydrogen-bond donors (Lipinski definition) is 3. The van der Waals surface area contributed by atoms with Crippen LogP contribution in [-0.4, -0.2) is 17.6 Å². The second kappa shape index (κ2) is 6.41. The zero-order chi connectivity index (χ0) is 14.4. The number of carbonyl (C=O) groups is 1. The van der Waals surface area contributed by atoms with Gasteiger partial charge < -0.3 is 16.2 Å². The fourth-order valence-corrected chi connectivity index (χ4v) is 1.65. The van der Waals surface area contributed by atoms with Gasteiger partial charge in [0.1, 0.15) is 5.75 Å². The molecule has 0 spiro atoms. The molecule has 0 radical (unpaired) electrons. The van der Waals surface area contributed by atoms with Crippen molar-refractivity contribution in [2.45, 2.75) is 0 Å². The van der Waals surface area contributed by atoms with E-state index in [9.17, 15) is 9.90 Å². The van der Waals surface area contributed by atoms with Crippen molar-refractivity contribution in [1.29, 1.82) is 0 Å². The van der Waals surface area contributed by atoms with Crippen molar-refractivity contribution in [2.75, 3.05) is 11.9 Å². The van der Waals surface area contributed by atoms with Gasteiger partial charge in [-0.2, -0.15) is 0 Å². The van der Waals surface area contributed by atoms with Crippen LogP contribution in [0.1, 0.15) is 15.9 Å². The molecule has 0 aromatic heterocycles. The van der Waals surface area contributed by atoms with Gasteiger partial charge in [-0.15, -0.1) is 0 Å². The first-order valence-electron chi connectivity index (χ1n) is 6.09. The molecule has 1 amide bonds. The van der Waals surface area contributed by atoms with Crippen LogP contribution in [0, 0.1) is 11.8 Å². The van der Waals surface area contributed by atoms with Crippen LogP contribution in [0.5, 0.6) is 5.75 Å². The van der Waals surface area contributed by atoms with Crippen molar-refractivity contribution < 1.29 is 9.90 Å². The zero-order valence-corrected chi connectivity index (χ0v) is 10.8. The molecule has 0 atom stereocenters. The highest BCUT2D eigenvalue weighted by molar-refractivity contribution is 6.05. The summed E-state index contributed by atoms with van der Waals surface area (Å²) in [5.41, 5.74) is 7.15. The van der Waals surface area contributed by atoms with Gasteiger partial charge >= 0.3 is 0 Å². The smallest absolute Gasteiger partial charge is 0.255 e. The molecule has 100 valence electrons. The summed E-state index contributed by atoms with van der Waals surface area (Å²) in [6, 6.07) is 13.3. The number of aromatic hydroxyl groups is 1. The Morgan fingerprint density at radius 1 is 1.15 bits per heavy atom. The molecule has 0 saturated heterocycles. The van der Waals surface area contributed by atoms with Gasteiger partial charge in [0, 0.05) is 11.1 Å². The second-order valence-electron chi connectivity index (χ2n) is 4.05. The van der Waals surface area contributed by atoms with E-state index >= 15 is 0 Å². The molecular weight excluding hydrogens is 252 g/mol. The van der Waals surface area contributed by atoms with E-state index in [1.807, 2.05) is 18.2 Å². The van der Waals surface area contributed by atoms with Crippen LogP contribution in [0.15, 0.2) is 48.5 Å². The number of hydrogen-bond acceptors (Lipinski definition) is 3. The Morgan fingerprint density at radius 2 is 1.85 bits per heavy atom. The first-order valence-corrected chi connectivity index (χ1v) is 6.09. The molecule has 2 rings (SSSR count). The number of phenols is 1. The van der Waals surface area contributed by atoms with E-state index in [0.29, 0.717) is 16.8 Å². The van der Waals surface area contributed by atoms with Gasteiger partial charge in [-0.3, -0.25) is 4.79 Å². The van der Waals surface area contributed by atoms with E-state index in [4.69, 9.17) is 5.73 Å². The van der Waals surface area contributed by atoms with E-state index in [-0.39, 0.29) is 18.2 Å². The van der Waals surface area contributed by atoms with E-state index in [1.54, 1.807) is 18.2 Å². The van der Waals surface area contributed by atoms with Gasteiger partial charge in [0.25, 0.3) is 5.91 Å². The third kappa shape index (κ3) is 3.37. The molecule has 0 unspecified atom stereocenters. The summed E-state index contributed by atoms with van der Waals surface area (Å²) >= 11 is 0. The fourth-order valence-electron chi connectivity index (χ4n) is 1.65. The summed E-state index contributed by atoms with van der Waals surface area (Å²) < 4.78 is 0. The Bertz CT molecular complexity index is 667. The lowest BCUT2D eigenvalue weighted by Gasteiger charge is -2.07. The standard InChI is InChI=1S/C16H14N2O2/c17-11-3-5-12-4-1-2-6-15(12)18-16(20)13-7-9-14(19)10-8-13/h1-2,4,6-10,19H,11,17H2,(H,18,20). The van der Waals surface area contributed by atoms with Gasteiger partial charge in [0.2, 0.25) is 0 Å². The van der Waals surface area contributed by atoms with Gasteiger partial charge in [0.15, 0.2) is 0 Å². The lowest BCUT2D eigenvalue weighted by Crippen LogP contribution is -2.12. The van der Waals surface area contributed by atoms with Crippen LogP contribution in [0.25, 0.3) is 0 Å². The molecule has 0 fully saturated rings. The van der Waals surface area contributed by atoms with Crippen LogP contribution >= 0.6 is 0 Å². The van der Waals surface area contributed by atoms with Crippen LogP contribution in [0.2, 0.25) is 0 Å². The van der Waals surface area contributed by atoms with Crippen LogP contribution < -0.4 is 11.1 Å². The summed E-state index contributed by atoms with van der Waals surface area (Å²) in [5.74, 6) is 5.53. The maximum atomic E-state index is 12.1. The lowest BCUT2D eigenvalue weighted by molar-refractivity contribution is 0.102. The Hall–Kier alpha value is -2.77. The molecule has 20 heavy (non-hydrogen) atoms. The van der Waals surface area contributed by atoms with Crippen molar-refractivity contribution in [3.8, 4) is 17.6 Å². The minimum absolute atomic E-state index is 0.121. The molecule has 4 nitrogen and oxygen atoms in total. The zero-order valence-electron chi connectivity index (χ0n) is 10.8. The molecule has 4 heteroatoms. The number of amides is 1. The Balaban J connectivity index is 2.21. The summed E-state index contributed by atoms with van der Waals surface area (Å²) in [5, 5.41) is 12.0. The molecule has 2 aromatic carbocycles. The van der Waals surface area contributed by atoms with Gasteiger partial charge in [-0.05, 0) is 36.4 Å². The third-order valence-corrected chi connectivity index (χ3v) is 2.63. The van der Waals surface area contributed by atoms with E-state index in [1.165, 1.54) is 12.1 Å². The van der Waals surface area contributed by atoms with Gasteiger partial charge in [-0.1, -0.05) is 24.0 Å². The number of nitrogens with two attached hydrogens (primary N) is 1. The topological polar surface area (TPSA) is 75.3 Å². The Morgan fingerprint density at radius 3 is 2.55 bits per heavy atom. The highest BCUT2D eigenvalue weighted by Gasteiger charge is 2.07. The van der Waals surface area contributed by atoms with Crippen LogP contribution in [0.3, 0.4) is 0 Å². The number of rotatable bonds is 2. The average molecular weight is 266 g/mol. The maximum absolute atomic E-state index is 12.1. The summed E-state index contributed by atoms with van der Waals surface area (Å²) in [4.78, 5) is 12.1. The molecule has 0 aliphatic heterocycles. The predicted molar refractivity (Wildman–Crippen MR) is 78.4 cm³/mol. The second-order valence-corrected chi connectivity index (χ2v) is 4.05. The van der Waals surface area contributed by atoms with Crippen molar-refractivity contribution >= 4 is 11.6 Å². The molecule has 0 aliphatic carbocycles. The highest BCUT2D eigenvalue weighted by Crippen LogP contribution is 2.16. The average Bonchev–Trinajstić information content (AvgIpc) is 2.47. The molecule has 4 N–H and O–H groups in total. The summed E-state index contributed by atoms with van der Waals surface area (Å²) in [6.07, 6.45) is 0. The molecule has 0 heterocycles. The largest absolute Gasteiger partial charge is 0.508 e. The Kier molecular flexibility index (Phi) is 4.38. The molecule has 0 bridgehead atoms. The SMILES string of the molecule is NCC#Cc1ccccc1NC(=O)c1ccc(O)cc1. The third-order valence-electron chi connectivity index (χ3n) is 2.63. The van der Waals surface area contributed by atoms with Crippen molar-refractivity contribution in [3.63, 3.8) is 0 Å². The summed E-state index contributed by atoms with van der Waals surface area (Å²) in [6.45, 7) is 0.264. The lowest BCUT2D eigenvalue weighted by atomic mass is 10.1. The van der Waals surface area contributed by atoms with Crippen molar-refractivity contribution in [1.82, 2.24) is 0 Å². The van der Waals surface area contributed by atoms with E-state index in [2.05, 4.69) is 17.2 Å². The van der Waals surface area contributed by atoms with Crippen molar-refractivity contribution in [2.24, 2.45) is 5.73 Å². The molecular formula is C16H14N2O2. The maximum Gasteiger partial charge on any atom is 0.255 e. The monoisotopic (exact) mass is 266 g/mol. The molecule has 2 aromatic rings. The number of anilines is 1. The van der Waals surface area contributed by atoms with Crippen LogP contribution in [-0.2, 0) is 0 Å². The van der Waals surface area contributed by atoms with E-state index < -0.39 is 0 Å². The van der Waals surface area contributed by atoms with Crippen molar-refractivity contribution in [3.05, 3.63) is 59.7 Å². The number of phenolic OH excluding ortho intramolecular Hbond substituents is 1. The highest BCUT2D eigenvalue weighted by atomic mass is 16.3. The first kappa shape index (κ1) is 13.7. The van der Waals surface area contributed by atoms with E-state index in [0.717, 1.165) is 0 Å². The fraction of sp³-hybridized carbons (Fsp3) is 0.0625. The summed E-state index contributed by atoms with van der Waals surface area (Å²) in [7, 11) is 0.